The second-order valence-electron chi connectivity index (χ2n) is 4.42. The predicted octanol–water partition coefficient (Wildman–Crippen LogP) is 2.84. The summed E-state index contributed by atoms with van der Waals surface area (Å²) in [4.78, 5) is 8.68. The van der Waals surface area contributed by atoms with Gasteiger partial charge in [-0.05, 0) is 26.7 Å². The molecule has 1 fully saturated rings. The summed E-state index contributed by atoms with van der Waals surface area (Å²) >= 11 is 0. The lowest BCUT2D eigenvalue weighted by atomic mass is 9.95. The van der Waals surface area contributed by atoms with Crippen LogP contribution < -0.4 is 5.32 Å². The zero-order valence-electron chi connectivity index (χ0n) is 9.58. The van der Waals surface area contributed by atoms with E-state index in [9.17, 15) is 0 Å². The van der Waals surface area contributed by atoms with Crippen molar-refractivity contribution in [2.45, 2.75) is 52.0 Å². The molecule has 3 nitrogen and oxygen atoms in total. The first-order chi connectivity index (χ1) is 7.24. The lowest BCUT2D eigenvalue weighted by Crippen LogP contribution is -2.23. The largest absolute Gasteiger partial charge is 0.367 e. The Balaban J connectivity index is 2.02. The van der Waals surface area contributed by atoms with Crippen LogP contribution in [0.1, 0.15) is 43.6 Å². The summed E-state index contributed by atoms with van der Waals surface area (Å²) in [6.45, 7) is 3.96. The molecule has 0 aromatic carbocycles. The molecular formula is C12H19N3. The molecule has 0 spiro atoms. The highest BCUT2D eigenvalue weighted by Gasteiger charge is 2.13. The lowest BCUT2D eigenvalue weighted by Gasteiger charge is -2.23. The Labute approximate surface area is 91.3 Å². The summed E-state index contributed by atoms with van der Waals surface area (Å²) < 4.78 is 0. The van der Waals surface area contributed by atoms with Crippen molar-refractivity contribution in [3.05, 3.63) is 17.6 Å². The smallest absolute Gasteiger partial charge is 0.130 e. The van der Waals surface area contributed by atoms with Gasteiger partial charge in [0.05, 0.1) is 0 Å². The fourth-order valence-corrected chi connectivity index (χ4v) is 2.25. The zero-order valence-corrected chi connectivity index (χ0v) is 9.58. The van der Waals surface area contributed by atoms with Gasteiger partial charge in [-0.2, -0.15) is 0 Å². The van der Waals surface area contributed by atoms with Crippen LogP contribution in [-0.2, 0) is 0 Å². The monoisotopic (exact) mass is 205 g/mol. The van der Waals surface area contributed by atoms with Crippen molar-refractivity contribution in [1.82, 2.24) is 9.97 Å². The zero-order chi connectivity index (χ0) is 10.7. The van der Waals surface area contributed by atoms with Gasteiger partial charge < -0.3 is 5.32 Å². The van der Waals surface area contributed by atoms with Crippen LogP contribution in [0.15, 0.2) is 6.07 Å². The Hall–Kier alpha value is -1.12. The maximum atomic E-state index is 4.41. The Morgan fingerprint density at radius 3 is 2.53 bits per heavy atom. The number of hydrogen-bond acceptors (Lipinski definition) is 3. The van der Waals surface area contributed by atoms with Gasteiger partial charge in [-0.25, -0.2) is 9.97 Å². The summed E-state index contributed by atoms with van der Waals surface area (Å²) in [7, 11) is 0. The maximum Gasteiger partial charge on any atom is 0.130 e. The van der Waals surface area contributed by atoms with E-state index in [4.69, 9.17) is 0 Å². The second kappa shape index (κ2) is 4.60. The van der Waals surface area contributed by atoms with Crippen molar-refractivity contribution in [3.8, 4) is 0 Å². The van der Waals surface area contributed by atoms with E-state index in [0.29, 0.717) is 6.04 Å². The summed E-state index contributed by atoms with van der Waals surface area (Å²) in [5.74, 6) is 1.85. The van der Waals surface area contributed by atoms with Crippen LogP contribution in [0.2, 0.25) is 0 Å². The number of aryl methyl sites for hydroxylation is 2. The first-order valence-electron chi connectivity index (χ1n) is 5.83. The van der Waals surface area contributed by atoms with Crippen molar-refractivity contribution >= 4 is 5.82 Å². The fourth-order valence-electron chi connectivity index (χ4n) is 2.25. The van der Waals surface area contributed by atoms with Crippen molar-refractivity contribution in [3.63, 3.8) is 0 Å². The van der Waals surface area contributed by atoms with Crippen molar-refractivity contribution in [2.75, 3.05) is 5.32 Å². The molecule has 1 N–H and O–H groups in total. The van der Waals surface area contributed by atoms with E-state index in [1.165, 1.54) is 32.1 Å². The van der Waals surface area contributed by atoms with Crippen LogP contribution in [0, 0.1) is 13.8 Å². The van der Waals surface area contributed by atoms with E-state index in [1.807, 2.05) is 19.9 Å². The molecule has 1 aromatic rings. The van der Waals surface area contributed by atoms with Crippen molar-refractivity contribution in [2.24, 2.45) is 0 Å². The van der Waals surface area contributed by atoms with Crippen LogP contribution >= 0.6 is 0 Å². The molecule has 0 saturated heterocycles. The van der Waals surface area contributed by atoms with E-state index in [1.54, 1.807) is 0 Å². The molecule has 1 saturated carbocycles. The minimum atomic E-state index is 0.618. The third-order valence-corrected chi connectivity index (χ3v) is 2.92. The Bertz CT molecular complexity index is 309. The molecule has 3 heteroatoms. The van der Waals surface area contributed by atoms with Crippen molar-refractivity contribution in [1.29, 1.82) is 0 Å². The molecule has 0 aliphatic heterocycles. The summed E-state index contributed by atoms with van der Waals surface area (Å²) in [6.07, 6.45) is 6.64. The summed E-state index contributed by atoms with van der Waals surface area (Å²) in [6, 6.07) is 2.65. The Kier molecular flexibility index (Phi) is 3.19. The van der Waals surface area contributed by atoms with E-state index in [-0.39, 0.29) is 0 Å². The van der Waals surface area contributed by atoms with E-state index < -0.39 is 0 Å². The minimum absolute atomic E-state index is 0.618. The molecule has 0 bridgehead atoms. The maximum absolute atomic E-state index is 4.41. The SMILES string of the molecule is Cc1cc(NC2CCCCC2)nc(C)n1. The van der Waals surface area contributed by atoms with Gasteiger partial charge in [0.25, 0.3) is 0 Å². The predicted molar refractivity (Wildman–Crippen MR) is 62.0 cm³/mol. The lowest BCUT2D eigenvalue weighted by molar-refractivity contribution is 0.461. The van der Waals surface area contributed by atoms with E-state index in [0.717, 1.165) is 17.3 Å². The molecule has 1 aromatic heterocycles. The molecule has 0 radical (unpaired) electrons. The highest BCUT2D eigenvalue weighted by atomic mass is 15.0. The number of nitrogens with zero attached hydrogens (tertiary/aromatic N) is 2. The highest BCUT2D eigenvalue weighted by molar-refractivity contribution is 5.36. The standard InChI is InChI=1S/C12H19N3/c1-9-8-12(14-10(2)13-9)15-11-6-4-3-5-7-11/h8,11H,3-7H2,1-2H3,(H,13,14,15). The molecule has 0 unspecified atom stereocenters. The van der Waals surface area contributed by atoms with Gasteiger partial charge >= 0.3 is 0 Å². The van der Waals surface area contributed by atoms with Gasteiger partial charge in [-0.3, -0.25) is 0 Å². The quantitative estimate of drug-likeness (QED) is 0.806. The summed E-state index contributed by atoms with van der Waals surface area (Å²) in [5.41, 5.74) is 1.04. The molecular weight excluding hydrogens is 186 g/mol. The first kappa shape index (κ1) is 10.4. The number of nitrogens with one attached hydrogen (secondary N) is 1. The second-order valence-corrected chi connectivity index (χ2v) is 4.42. The van der Waals surface area contributed by atoms with Gasteiger partial charge in [0.15, 0.2) is 0 Å². The molecule has 1 heterocycles. The average Bonchev–Trinajstić information content (AvgIpc) is 2.17. The molecule has 0 amide bonds. The van der Waals surface area contributed by atoms with E-state index in [2.05, 4.69) is 15.3 Å². The molecule has 2 rings (SSSR count). The first-order valence-corrected chi connectivity index (χ1v) is 5.83. The number of aromatic nitrogens is 2. The molecule has 15 heavy (non-hydrogen) atoms. The Morgan fingerprint density at radius 1 is 1.13 bits per heavy atom. The minimum Gasteiger partial charge on any atom is -0.367 e. The molecule has 1 aliphatic rings. The topological polar surface area (TPSA) is 37.8 Å². The average molecular weight is 205 g/mol. The molecule has 0 atom stereocenters. The molecule has 82 valence electrons. The van der Waals surface area contributed by atoms with Crippen LogP contribution in [0.5, 0.6) is 0 Å². The number of hydrogen-bond donors (Lipinski definition) is 1. The van der Waals surface area contributed by atoms with Gasteiger partial charge in [0, 0.05) is 17.8 Å². The Morgan fingerprint density at radius 2 is 1.87 bits per heavy atom. The number of rotatable bonds is 2. The van der Waals surface area contributed by atoms with Gasteiger partial charge in [-0.15, -0.1) is 0 Å². The number of anilines is 1. The van der Waals surface area contributed by atoms with Crippen molar-refractivity contribution < 1.29 is 0 Å². The van der Waals surface area contributed by atoms with Crippen LogP contribution in [0.25, 0.3) is 0 Å². The van der Waals surface area contributed by atoms with Gasteiger partial charge in [0.1, 0.15) is 11.6 Å². The third kappa shape index (κ3) is 2.91. The van der Waals surface area contributed by atoms with E-state index >= 15 is 0 Å². The van der Waals surface area contributed by atoms with Gasteiger partial charge in [-0.1, -0.05) is 19.3 Å². The summed E-state index contributed by atoms with van der Waals surface area (Å²) in [5, 5.41) is 3.51. The van der Waals surface area contributed by atoms with Crippen LogP contribution in [0.3, 0.4) is 0 Å². The van der Waals surface area contributed by atoms with Crippen LogP contribution in [-0.4, -0.2) is 16.0 Å². The third-order valence-electron chi connectivity index (χ3n) is 2.92. The fraction of sp³-hybridized carbons (Fsp3) is 0.667. The van der Waals surface area contributed by atoms with Crippen LogP contribution in [0.4, 0.5) is 5.82 Å². The molecule has 1 aliphatic carbocycles. The highest BCUT2D eigenvalue weighted by Crippen LogP contribution is 2.20. The van der Waals surface area contributed by atoms with Gasteiger partial charge in [0.2, 0.25) is 0 Å². The normalized spacial score (nSPS) is 17.7.